The van der Waals surface area contributed by atoms with E-state index in [1.54, 1.807) is 6.26 Å². The van der Waals surface area contributed by atoms with E-state index in [2.05, 4.69) is 4.98 Å². The molecule has 2 aromatic heterocycles. The van der Waals surface area contributed by atoms with Gasteiger partial charge in [0.1, 0.15) is 5.69 Å². The van der Waals surface area contributed by atoms with Gasteiger partial charge in [-0.15, -0.1) is 11.3 Å². The van der Waals surface area contributed by atoms with Crippen molar-refractivity contribution < 1.29 is 9.21 Å². The monoisotopic (exact) mass is 276 g/mol. The summed E-state index contributed by atoms with van der Waals surface area (Å²) >= 11 is 1.51. The first-order valence-electron chi connectivity index (χ1n) is 6.56. The minimum atomic E-state index is 0.0613. The molecule has 4 nitrogen and oxygen atoms in total. The zero-order chi connectivity index (χ0) is 13.2. The second-order valence-corrected chi connectivity index (χ2v) is 5.96. The quantitative estimate of drug-likeness (QED) is 0.845. The van der Waals surface area contributed by atoms with Gasteiger partial charge in [-0.3, -0.25) is 4.79 Å². The van der Waals surface area contributed by atoms with Crippen LogP contribution >= 0.6 is 11.3 Å². The molecular weight excluding hydrogens is 260 g/mol. The van der Waals surface area contributed by atoms with E-state index in [1.807, 2.05) is 24.0 Å². The Kier molecular flexibility index (Phi) is 3.38. The lowest BCUT2D eigenvalue weighted by atomic mass is 10.1. The number of hydrogen-bond acceptors (Lipinski definition) is 4. The lowest BCUT2D eigenvalue weighted by molar-refractivity contribution is 0.0718. The number of nitrogens with zero attached hydrogens (tertiary/aromatic N) is 2. The van der Waals surface area contributed by atoms with Crippen molar-refractivity contribution >= 4 is 17.2 Å². The Morgan fingerprint density at radius 3 is 2.84 bits per heavy atom. The first-order valence-corrected chi connectivity index (χ1v) is 7.38. The lowest BCUT2D eigenvalue weighted by Gasteiger charge is -2.26. The van der Waals surface area contributed by atoms with Gasteiger partial charge in [-0.1, -0.05) is 0 Å². The van der Waals surface area contributed by atoms with Crippen LogP contribution in [0.15, 0.2) is 22.8 Å². The fourth-order valence-corrected chi connectivity index (χ4v) is 3.22. The molecule has 0 unspecified atom stereocenters. The van der Waals surface area contributed by atoms with Gasteiger partial charge in [0.2, 0.25) is 0 Å². The maximum atomic E-state index is 12.4. The van der Waals surface area contributed by atoms with Gasteiger partial charge in [-0.25, -0.2) is 4.98 Å². The summed E-state index contributed by atoms with van der Waals surface area (Å²) in [6.45, 7) is 3.65. The highest BCUT2D eigenvalue weighted by Crippen LogP contribution is 2.28. The molecular formula is C14H16N2O2S. The van der Waals surface area contributed by atoms with Crippen LogP contribution in [-0.4, -0.2) is 28.9 Å². The van der Waals surface area contributed by atoms with Crippen LogP contribution in [0.2, 0.25) is 0 Å². The molecule has 0 aliphatic carbocycles. The third kappa shape index (κ3) is 2.42. The van der Waals surface area contributed by atoms with Crippen LogP contribution in [0.25, 0.3) is 10.8 Å². The van der Waals surface area contributed by atoms with E-state index in [4.69, 9.17) is 4.42 Å². The Bertz CT molecular complexity index is 568. The van der Waals surface area contributed by atoms with E-state index in [0.29, 0.717) is 5.69 Å². The standard InChI is InChI=1S/C14H16N2O2S/c1-10-12(14(17)16-7-3-2-4-8-16)15-13(19-10)11-6-5-9-18-11/h5-6,9H,2-4,7-8H2,1H3. The number of furan rings is 1. The van der Waals surface area contributed by atoms with Crippen molar-refractivity contribution in [3.63, 3.8) is 0 Å². The number of hydrogen-bond donors (Lipinski definition) is 0. The normalized spacial score (nSPS) is 15.7. The first-order chi connectivity index (χ1) is 9.25. The van der Waals surface area contributed by atoms with Gasteiger partial charge in [0.05, 0.1) is 6.26 Å². The van der Waals surface area contributed by atoms with Crippen LogP contribution < -0.4 is 0 Å². The van der Waals surface area contributed by atoms with Gasteiger partial charge in [0.15, 0.2) is 10.8 Å². The molecule has 0 atom stereocenters. The van der Waals surface area contributed by atoms with Gasteiger partial charge < -0.3 is 9.32 Å². The van der Waals surface area contributed by atoms with E-state index in [-0.39, 0.29) is 5.91 Å². The van der Waals surface area contributed by atoms with Crippen LogP contribution in [0.3, 0.4) is 0 Å². The second-order valence-electron chi connectivity index (χ2n) is 4.75. The molecule has 5 heteroatoms. The second kappa shape index (κ2) is 5.17. The highest BCUT2D eigenvalue weighted by molar-refractivity contribution is 7.15. The molecule has 1 saturated heterocycles. The molecule has 100 valence electrons. The van der Waals surface area contributed by atoms with Crippen molar-refractivity contribution in [2.75, 3.05) is 13.1 Å². The van der Waals surface area contributed by atoms with Gasteiger partial charge in [-0.2, -0.15) is 0 Å². The van der Waals surface area contributed by atoms with Gasteiger partial charge in [0.25, 0.3) is 5.91 Å². The summed E-state index contributed by atoms with van der Waals surface area (Å²) in [5.74, 6) is 0.789. The molecule has 1 aliphatic rings. The summed E-state index contributed by atoms with van der Waals surface area (Å²) in [4.78, 5) is 19.8. The number of rotatable bonds is 2. The van der Waals surface area contributed by atoms with Crippen molar-refractivity contribution in [3.05, 3.63) is 29.0 Å². The van der Waals surface area contributed by atoms with Crippen LogP contribution in [0.4, 0.5) is 0 Å². The fraction of sp³-hybridized carbons (Fsp3) is 0.429. The molecule has 1 aliphatic heterocycles. The summed E-state index contributed by atoms with van der Waals surface area (Å²) in [6, 6.07) is 3.70. The minimum absolute atomic E-state index is 0.0613. The number of likely N-dealkylation sites (tertiary alicyclic amines) is 1. The minimum Gasteiger partial charge on any atom is -0.462 e. The zero-order valence-corrected chi connectivity index (χ0v) is 11.7. The number of aryl methyl sites for hydroxylation is 1. The molecule has 1 amide bonds. The number of carbonyl (C=O) groups excluding carboxylic acids is 1. The van der Waals surface area contributed by atoms with Crippen molar-refractivity contribution in [1.29, 1.82) is 0 Å². The van der Waals surface area contributed by atoms with Crippen LogP contribution in [0, 0.1) is 6.92 Å². The smallest absolute Gasteiger partial charge is 0.273 e. The highest BCUT2D eigenvalue weighted by atomic mass is 32.1. The topological polar surface area (TPSA) is 46.3 Å². The Morgan fingerprint density at radius 1 is 1.37 bits per heavy atom. The predicted octanol–water partition coefficient (Wildman–Crippen LogP) is 3.34. The lowest BCUT2D eigenvalue weighted by Crippen LogP contribution is -2.36. The van der Waals surface area contributed by atoms with E-state index in [9.17, 15) is 4.79 Å². The fourth-order valence-electron chi connectivity index (χ4n) is 2.35. The summed E-state index contributed by atoms with van der Waals surface area (Å²) in [5.41, 5.74) is 0.582. The average molecular weight is 276 g/mol. The number of thiazole rings is 1. The highest BCUT2D eigenvalue weighted by Gasteiger charge is 2.23. The van der Waals surface area contributed by atoms with E-state index < -0.39 is 0 Å². The number of aromatic nitrogens is 1. The maximum Gasteiger partial charge on any atom is 0.273 e. The average Bonchev–Trinajstić information content (AvgIpc) is 3.08. The largest absolute Gasteiger partial charge is 0.462 e. The summed E-state index contributed by atoms with van der Waals surface area (Å²) < 4.78 is 5.34. The molecule has 0 saturated carbocycles. The van der Waals surface area contributed by atoms with Gasteiger partial charge in [0, 0.05) is 18.0 Å². The molecule has 1 fully saturated rings. The Hall–Kier alpha value is -1.62. The van der Waals surface area contributed by atoms with E-state index >= 15 is 0 Å². The molecule has 0 aromatic carbocycles. The molecule has 3 rings (SSSR count). The van der Waals surface area contributed by atoms with Crippen molar-refractivity contribution in [2.45, 2.75) is 26.2 Å². The number of carbonyl (C=O) groups is 1. The summed E-state index contributed by atoms with van der Waals surface area (Å²) in [7, 11) is 0. The predicted molar refractivity (Wildman–Crippen MR) is 74.3 cm³/mol. The first kappa shape index (κ1) is 12.4. The number of amides is 1. The third-order valence-electron chi connectivity index (χ3n) is 3.37. The molecule has 19 heavy (non-hydrogen) atoms. The van der Waals surface area contributed by atoms with Crippen LogP contribution in [0.1, 0.15) is 34.6 Å². The molecule has 3 heterocycles. The molecule has 0 bridgehead atoms. The Morgan fingerprint density at radius 2 is 2.16 bits per heavy atom. The summed E-state index contributed by atoms with van der Waals surface area (Å²) in [5, 5.41) is 0.780. The molecule has 0 radical (unpaired) electrons. The molecule has 0 spiro atoms. The number of piperidine rings is 1. The van der Waals surface area contributed by atoms with Crippen molar-refractivity contribution in [3.8, 4) is 10.8 Å². The maximum absolute atomic E-state index is 12.4. The van der Waals surface area contributed by atoms with Crippen LogP contribution in [-0.2, 0) is 0 Å². The van der Waals surface area contributed by atoms with Crippen molar-refractivity contribution in [1.82, 2.24) is 9.88 Å². The zero-order valence-electron chi connectivity index (χ0n) is 10.9. The van der Waals surface area contributed by atoms with E-state index in [0.717, 1.165) is 41.6 Å². The Balaban J connectivity index is 1.86. The third-order valence-corrected chi connectivity index (χ3v) is 4.36. The van der Waals surface area contributed by atoms with Crippen molar-refractivity contribution in [2.24, 2.45) is 0 Å². The van der Waals surface area contributed by atoms with Gasteiger partial charge in [-0.05, 0) is 38.3 Å². The summed E-state index contributed by atoms with van der Waals surface area (Å²) in [6.07, 6.45) is 5.04. The molecule has 2 aromatic rings. The van der Waals surface area contributed by atoms with Gasteiger partial charge >= 0.3 is 0 Å². The van der Waals surface area contributed by atoms with Crippen LogP contribution in [0.5, 0.6) is 0 Å². The Labute approximate surface area is 116 Å². The molecule has 0 N–H and O–H groups in total. The SMILES string of the molecule is Cc1sc(-c2ccco2)nc1C(=O)N1CCCCC1. The van der Waals surface area contributed by atoms with E-state index in [1.165, 1.54) is 17.8 Å².